The number of amides is 2. The number of piperazine rings is 1. The van der Waals surface area contributed by atoms with Crippen molar-refractivity contribution in [1.29, 1.82) is 0 Å². The lowest BCUT2D eigenvalue weighted by atomic mass is 9.84. The van der Waals surface area contributed by atoms with E-state index < -0.39 is 0 Å². The summed E-state index contributed by atoms with van der Waals surface area (Å²) < 4.78 is 0. The third-order valence-electron chi connectivity index (χ3n) is 4.27. The largest absolute Gasteiger partial charge is 0.342 e. The molecule has 1 atom stereocenters. The number of hydrogen-bond acceptors (Lipinski definition) is 2. The Balaban J connectivity index is 2.02. The minimum Gasteiger partial charge on any atom is -0.342 e. The van der Waals surface area contributed by atoms with E-state index in [-0.39, 0.29) is 29.8 Å². The summed E-state index contributed by atoms with van der Waals surface area (Å²) >= 11 is 0. The highest BCUT2D eigenvalue weighted by atomic mass is 16.2. The fourth-order valence-electron chi connectivity index (χ4n) is 3.13. The third kappa shape index (κ3) is 3.48. The first-order chi connectivity index (χ1) is 8.88. The van der Waals surface area contributed by atoms with Crippen LogP contribution in [0.4, 0.5) is 0 Å². The van der Waals surface area contributed by atoms with Crippen LogP contribution in [-0.4, -0.2) is 35.8 Å². The Morgan fingerprint density at radius 2 is 1.79 bits per heavy atom. The van der Waals surface area contributed by atoms with Gasteiger partial charge in [0.05, 0.1) is 6.54 Å². The smallest absolute Gasteiger partial charge is 0.246 e. The second-order valence-corrected chi connectivity index (χ2v) is 7.09. The normalized spacial score (nSPS) is 26.5. The molecule has 19 heavy (non-hydrogen) atoms. The molecule has 2 fully saturated rings. The molecule has 0 radical (unpaired) electrons. The van der Waals surface area contributed by atoms with Crippen LogP contribution in [0.1, 0.15) is 52.9 Å². The molecule has 1 unspecified atom stereocenters. The summed E-state index contributed by atoms with van der Waals surface area (Å²) in [6, 6.07) is -0.377. The van der Waals surface area contributed by atoms with Gasteiger partial charge in [0.25, 0.3) is 0 Å². The van der Waals surface area contributed by atoms with Crippen molar-refractivity contribution in [2.75, 3.05) is 13.1 Å². The van der Waals surface area contributed by atoms with Crippen molar-refractivity contribution in [2.45, 2.75) is 58.9 Å². The Morgan fingerprint density at radius 3 is 2.37 bits per heavy atom. The summed E-state index contributed by atoms with van der Waals surface area (Å²) in [6.07, 6.45) is 6.25. The summed E-state index contributed by atoms with van der Waals surface area (Å²) in [4.78, 5) is 26.1. The van der Waals surface area contributed by atoms with E-state index in [1.54, 1.807) is 4.90 Å². The Kier molecular flexibility index (Phi) is 4.16. The number of hydrogen-bond donors (Lipinski definition) is 1. The molecule has 0 aromatic carbocycles. The van der Waals surface area contributed by atoms with Crippen molar-refractivity contribution >= 4 is 11.8 Å². The number of rotatable bonds is 2. The van der Waals surface area contributed by atoms with Gasteiger partial charge in [0, 0.05) is 6.54 Å². The van der Waals surface area contributed by atoms with E-state index in [0.717, 1.165) is 6.54 Å². The zero-order valence-corrected chi connectivity index (χ0v) is 12.4. The molecule has 2 aliphatic rings. The number of carbonyl (C=O) groups excluding carboxylic acids is 2. The van der Waals surface area contributed by atoms with E-state index in [1.807, 2.05) is 20.8 Å². The van der Waals surface area contributed by atoms with Crippen LogP contribution in [0, 0.1) is 11.3 Å². The van der Waals surface area contributed by atoms with E-state index in [0.29, 0.717) is 5.92 Å². The second kappa shape index (κ2) is 5.51. The molecule has 0 aromatic rings. The lowest BCUT2D eigenvalue weighted by Crippen LogP contribution is -2.62. The van der Waals surface area contributed by atoms with E-state index in [9.17, 15) is 9.59 Å². The molecular formula is C15H26N2O2. The van der Waals surface area contributed by atoms with Crippen LogP contribution < -0.4 is 5.32 Å². The van der Waals surface area contributed by atoms with Gasteiger partial charge in [-0.15, -0.1) is 0 Å². The molecule has 4 nitrogen and oxygen atoms in total. The van der Waals surface area contributed by atoms with Crippen LogP contribution in [-0.2, 0) is 9.59 Å². The summed E-state index contributed by atoms with van der Waals surface area (Å²) in [5.74, 6) is 0.664. The molecule has 2 rings (SSSR count). The molecule has 4 heteroatoms. The highest BCUT2D eigenvalue weighted by Crippen LogP contribution is 2.27. The second-order valence-electron chi connectivity index (χ2n) is 7.09. The van der Waals surface area contributed by atoms with Crippen molar-refractivity contribution in [1.82, 2.24) is 10.2 Å². The van der Waals surface area contributed by atoms with E-state index in [1.165, 1.54) is 32.1 Å². The van der Waals surface area contributed by atoms with Gasteiger partial charge in [-0.25, -0.2) is 0 Å². The fourth-order valence-corrected chi connectivity index (χ4v) is 3.13. The summed E-state index contributed by atoms with van der Waals surface area (Å²) in [7, 11) is 0. The number of nitrogens with one attached hydrogen (secondary N) is 1. The van der Waals surface area contributed by atoms with Crippen LogP contribution >= 0.6 is 0 Å². The molecule has 1 N–H and O–H groups in total. The van der Waals surface area contributed by atoms with Gasteiger partial charge in [-0.3, -0.25) is 9.59 Å². The average Bonchev–Trinajstić information content (AvgIpc) is 2.33. The fraction of sp³-hybridized carbons (Fsp3) is 0.867. The Labute approximate surface area is 115 Å². The minimum absolute atomic E-state index is 0.0182. The lowest BCUT2D eigenvalue weighted by Gasteiger charge is -2.40. The summed E-state index contributed by atoms with van der Waals surface area (Å²) in [5, 5.41) is 2.84. The zero-order chi connectivity index (χ0) is 14.0. The van der Waals surface area contributed by atoms with Crippen molar-refractivity contribution in [3.05, 3.63) is 0 Å². The van der Waals surface area contributed by atoms with E-state index >= 15 is 0 Å². The quantitative estimate of drug-likeness (QED) is 0.830. The molecule has 1 saturated carbocycles. The predicted molar refractivity (Wildman–Crippen MR) is 74.5 cm³/mol. The SMILES string of the molecule is CC(C)(C)C1NC(=O)CN(CC2CCCCC2)C1=O. The first kappa shape index (κ1) is 14.4. The molecule has 1 aliphatic carbocycles. The maximum Gasteiger partial charge on any atom is 0.246 e. The highest BCUT2D eigenvalue weighted by Gasteiger charge is 2.40. The molecule has 2 amide bonds. The van der Waals surface area contributed by atoms with Gasteiger partial charge >= 0.3 is 0 Å². The Bertz CT molecular complexity index is 354. The number of carbonyl (C=O) groups is 2. The summed E-state index contributed by atoms with van der Waals surface area (Å²) in [5.41, 5.74) is -0.224. The van der Waals surface area contributed by atoms with Gasteiger partial charge < -0.3 is 10.2 Å². The molecule has 0 spiro atoms. The van der Waals surface area contributed by atoms with Gasteiger partial charge in [0.1, 0.15) is 6.04 Å². The van der Waals surface area contributed by atoms with Crippen LogP contribution in [0.3, 0.4) is 0 Å². The maximum atomic E-state index is 12.5. The van der Waals surface area contributed by atoms with Crippen molar-refractivity contribution in [3.8, 4) is 0 Å². The maximum absolute atomic E-state index is 12.5. The molecule has 0 bridgehead atoms. The monoisotopic (exact) mass is 266 g/mol. The molecule has 0 aromatic heterocycles. The van der Waals surface area contributed by atoms with Crippen LogP contribution in [0.15, 0.2) is 0 Å². The topological polar surface area (TPSA) is 49.4 Å². The third-order valence-corrected chi connectivity index (χ3v) is 4.27. The standard InChI is InChI=1S/C15H26N2O2/c1-15(2,3)13-14(19)17(10-12(18)16-13)9-11-7-5-4-6-8-11/h11,13H,4-10H2,1-3H3,(H,16,18). The molecule has 1 aliphatic heterocycles. The van der Waals surface area contributed by atoms with Crippen LogP contribution in [0.2, 0.25) is 0 Å². The molecular weight excluding hydrogens is 240 g/mol. The number of nitrogens with zero attached hydrogens (tertiary/aromatic N) is 1. The van der Waals surface area contributed by atoms with Crippen molar-refractivity contribution in [3.63, 3.8) is 0 Å². The van der Waals surface area contributed by atoms with Crippen LogP contribution in [0.25, 0.3) is 0 Å². The average molecular weight is 266 g/mol. The molecule has 1 saturated heterocycles. The van der Waals surface area contributed by atoms with Gasteiger partial charge in [-0.1, -0.05) is 40.0 Å². The molecule has 108 valence electrons. The van der Waals surface area contributed by atoms with Crippen LogP contribution in [0.5, 0.6) is 0 Å². The first-order valence-corrected chi connectivity index (χ1v) is 7.46. The Morgan fingerprint density at radius 1 is 1.16 bits per heavy atom. The van der Waals surface area contributed by atoms with Gasteiger partial charge in [0.15, 0.2) is 0 Å². The first-order valence-electron chi connectivity index (χ1n) is 7.46. The lowest BCUT2D eigenvalue weighted by molar-refractivity contribution is -0.148. The zero-order valence-electron chi connectivity index (χ0n) is 12.4. The van der Waals surface area contributed by atoms with E-state index in [4.69, 9.17) is 0 Å². The van der Waals surface area contributed by atoms with Gasteiger partial charge in [0.2, 0.25) is 11.8 Å². The summed E-state index contributed by atoms with van der Waals surface area (Å²) in [6.45, 7) is 7.00. The van der Waals surface area contributed by atoms with Crippen molar-refractivity contribution in [2.24, 2.45) is 11.3 Å². The Hall–Kier alpha value is -1.06. The van der Waals surface area contributed by atoms with Gasteiger partial charge in [-0.05, 0) is 24.2 Å². The molecule has 1 heterocycles. The minimum atomic E-state index is -0.377. The van der Waals surface area contributed by atoms with Gasteiger partial charge in [-0.2, -0.15) is 0 Å². The van der Waals surface area contributed by atoms with Crippen molar-refractivity contribution < 1.29 is 9.59 Å². The van der Waals surface area contributed by atoms with E-state index in [2.05, 4.69) is 5.32 Å². The predicted octanol–water partition coefficient (Wildman–Crippen LogP) is 1.94. The highest BCUT2D eigenvalue weighted by molar-refractivity contribution is 5.95.